The molecule has 0 saturated carbocycles. The number of esters is 1. The molecule has 2 N–H and O–H groups in total. The summed E-state index contributed by atoms with van der Waals surface area (Å²) >= 11 is 0. The number of nitrogens with zero attached hydrogens (tertiary/aromatic N) is 1. The van der Waals surface area contributed by atoms with Gasteiger partial charge >= 0.3 is 5.97 Å². The predicted molar refractivity (Wildman–Crippen MR) is 73.7 cm³/mol. The molecule has 0 bridgehead atoms. The van der Waals surface area contributed by atoms with Crippen molar-refractivity contribution in [3.63, 3.8) is 0 Å². The third kappa shape index (κ3) is 2.69. The Morgan fingerprint density at radius 2 is 2.10 bits per heavy atom. The Hall–Kier alpha value is -2.63. The minimum atomic E-state index is -0.582. The van der Waals surface area contributed by atoms with E-state index >= 15 is 0 Å². The molecule has 1 aromatic heterocycles. The van der Waals surface area contributed by atoms with Crippen LogP contribution in [0.15, 0.2) is 30.5 Å². The summed E-state index contributed by atoms with van der Waals surface area (Å²) in [6.07, 6.45) is 2.12. The van der Waals surface area contributed by atoms with Crippen LogP contribution in [0.1, 0.15) is 33.3 Å². The summed E-state index contributed by atoms with van der Waals surface area (Å²) in [4.78, 5) is 23.7. The highest BCUT2D eigenvalue weighted by atomic mass is 16.5. The second-order valence-corrected chi connectivity index (χ2v) is 4.12. The van der Waals surface area contributed by atoms with Gasteiger partial charge in [0.1, 0.15) is 0 Å². The molecule has 104 valence electrons. The lowest BCUT2D eigenvalue weighted by molar-refractivity contribution is 0.0595. The van der Waals surface area contributed by atoms with E-state index in [1.54, 1.807) is 12.1 Å². The Kier molecular flexibility index (Phi) is 4.14. The zero-order valence-electron chi connectivity index (χ0n) is 11.3. The van der Waals surface area contributed by atoms with Crippen molar-refractivity contribution >= 4 is 17.6 Å². The fraction of sp³-hybridized carbons (Fsp3) is 0.214. The van der Waals surface area contributed by atoms with E-state index in [0.29, 0.717) is 11.3 Å². The number of benzene rings is 1. The van der Waals surface area contributed by atoms with Gasteiger partial charge in [0.25, 0.3) is 5.91 Å². The first kappa shape index (κ1) is 13.8. The minimum absolute atomic E-state index is 0.120. The maximum absolute atomic E-state index is 12.3. The van der Waals surface area contributed by atoms with Crippen LogP contribution in [-0.2, 0) is 11.2 Å². The molecule has 2 rings (SSSR count). The summed E-state index contributed by atoms with van der Waals surface area (Å²) in [6.45, 7) is 1.98. The summed E-state index contributed by atoms with van der Waals surface area (Å²) in [6, 6.07) is 7.32. The largest absolute Gasteiger partial charge is 0.464 e. The number of ether oxygens (including phenoxy) is 1. The number of H-pyrrole nitrogens is 1. The number of carbonyl (C=O) groups excluding carboxylic acids is 2. The van der Waals surface area contributed by atoms with Gasteiger partial charge in [-0.25, -0.2) is 4.79 Å². The third-order valence-electron chi connectivity index (χ3n) is 2.92. The van der Waals surface area contributed by atoms with E-state index in [1.807, 2.05) is 19.1 Å². The Bertz CT molecular complexity index is 634. The van der Waals surface area contributed by atoms with E-state index in [2.05, 4.69) is 20.3 Å². The highest BCUT2D eigenvalue weighted by molar-refractivity contribution is 6.08. The normalized spacial score (nSPS) is 10.1. The number of methoxy groups -OCH3 is 1. The van der Waals surface area contributed by atoms with E-state index in [0.717, 1.165) is 12.0 Å². The number of hydrogen-bond acceptors (Lipinski definition) is 4. The quantitative estimate of drug-likeness (QED) is 0.835. The standard InChI is InChI=1S/C14H15N3O3/c1-3-9-6-4-5-7-10(9)13(18)16-11-8-15-17-12(11)14(19)20-2/h4-8H,3H2,1-2H3,(H,15,17)(H,16,18). The number of nitrogens with one attached hydrogen (secondary N) is 2. The minimum Gasteiger partial charge on any atom is -0.464 e. The number of anilines is 1. The van der Waals surface area contributed by atoms with Gasteiger partial charge in [-0.05, 0) is 18.1 Å². The van der Waals surface area contributed by atoms with Crippen molar-refractivity contribution in [3.8, 4) is 0 Å². The van der Waals surface area contributed by atoms with Crippen LogP contribution in [-0.4, -0.2) is 29.2 Å². The van der Waals surface area contributed by atoms with Crippen molar-refractivity contribution in [2.45, 2.75) is 13.3 Å². The molecule has 0 saturated heterocycles. The van der Waals surface area contributed by atoms with Crippen LogP contribution in [0.5, 0.6) is 0 Å². The van der Waals surface area contributed by atoms with Gasteiger partial charge < -0.3 is 10.1 Å². The molecule has 0 aliphatic heterocycles. The molecule has 6 nitrogen and oxygen atoms in total. The fourth-order valence-electron chi connectivity index (χ4n) is 1.88. The smallest absolute Gasteiger partial charge is 0.358 e. The molecule has 6 heteroatoms. The molecule has 20 heavy (non-hydrogen) atoms. The van der Waals surface area contributed by atoms with Crippen molar-refractivity contribution in [3.05, 3.63) is 47.3 Å². The van der Waals surface area contributed by atoms with E-state index in [4.69, 9.17) is 0 Å². The molecule has 0 unspecified atom stereocenters. The number of aromatic nitrogens is 2. The van der Waals surface area contributed by atoms with Gasteiger partial charge in [0.05, 0.1) is 19.0 Å². The summed E-state index contributed by atoms with van der Waals surface area (Å²) in [7, 11) is 1.27. The zero-order valence-corrected chi connectivity index (χ0v) is 11.3. The molecular formula is C14H15N3O3. The number of aromatic amines is 1. The second-order valence-electron chi connectivity index (χ2n) is 4.12. The second kappa shape index (κ2) is 6.01. The van der Waals surface area contributed by atoms with Gasteiger partial charge in [-0.1, -0.05) is 25.1 Å². The van der Waals surface area contributed by atoms with E-state index in [9.17, 15) is 9.59 Å². The number of hydrogen-bond donors (Lipinski definition) is 2. The van der Waals surface area contributed by atoms with Crippen LogP contribution in [0.4, 0.5) is 5.69 Å². The SMILES string of the molecule is CCc1ccccc1C(=O)Nc1cn[nH]c1C(=O)OC. The molecule has 0 aliphatic rings. The van der Waals surface area contributed by atoms with Crippen LogP contribution in [0.3, 0.4) is 0 Å². The summed E-state index contributed by atoms with van der Waals surface area (Å²) in [5.41, 5.74) is 1.93. The first-order chi connectivity index (χ1) is 9.67. The van der Waals surface area contributed by atoms with Crippen LogP contribution in [0, 0.1) is 0 Å². The van der Waals surface area contributed by atoms with Gasteiger partial charge in [-0.2, -0.15) is 5.10 Å². The monoisotopic (exact) mass is 273 g/mol. The Labute approximate surface area is 116 Å². The molecule has 2 aromatic rings. The maximum Gasteiger partial charge on any atom is 0.358 e. The Morgan fingerprint density at radius 1 is 1.35 bits per heavy atom. The molecular weight excluding hydrogens is 258 g/mol. The van der Waals surface area contributed by atoms with Crippen molar-refractivity contribution in [2.75, 3.05) is 12.4 Å². The zero-order chi connectivity index (χ0) is 14.5. The van der Waals surface area contributed by atoms with Crippen LogP contribution < -0.4 is 5.32 Å². The number of rotatable bonds is 4. The molecule has 0 spiro atoms. The van der Waals surface area contributed by atoms with Crippen molar-refractivity contribution in [2.24, 2.45) is 0 Å². The van der Waals surface area contributed by atoms with Crippen LogP contribution in [0.25, 0.3) is 0 Å². The van der Waals surface area contributed by atoms with Gasteiger partial charge in [0, 0.05) is 5.56 Å². The topological polar surface area (TPSA) is 84.1 Å². The predicted octanol–water partition coefficient (Wildman–Crippen LogP) is 2.01. The molecule has 0 aliphatic carbocycles. The van der Waals surface area contributed by atoms with Crippen LogP contribution >= 0.6 is 0 Å². The lowest BCUT2D eigenvalue weighted by atomic mass is 10.0. The van der Waals surface area contributed by atoms with E-state index in [-0.39, 0.29) is 11.6 Å². The van der Waals surface area contributed by atoms with Crippen molar-refractivity contribution in [1.29, 1.82) is 0 Å². The molecule has 1 aromatic carbocycles. The van der Waals surface area contributed by atoms with Crippen molar-refractivity contribution < 1.29 is 14.3 Å². The highest BCUT2D eigenvalue weighted by Gasteiger charge is 2.17. The van der Waals surface area contributed by atoms with Gasteiger partial charge in [-0.15, -0.1) is 0 Å². The van der Waals surface area contributed by atoms with Gasteiger partial charge in [-0.3, -0.25) is 9.89 Å². The molecule has 0 atom stereocenters. The van der Waals surface area contributed by atoms with Gasteiger partial charge in [0.2, 0.25) is 0 Å². The molecule has 0 fully saturated rings. The molecule has 0 radical (unpaired) electrons. The average molecular weight is 273 g/mol. The van der Waals surface area contributed by atoms with E-state index in [1.165, 1.54) is 13.3 Å². The first-order valence-corrected chi connectivity index (χ1v) is 6.18. The first-order valence-electron chi connectivity index (χ1n) is 6.18. The Morgan fingerprint density at radius 3 is 2.80 bits per heavy atom. The number of carbonyl (C=O) groups is 2. The summed E-state index contributed by atoms with van der Waals surface area (Å²) in [5.74, 6) is -0.865. The fourth-order valence-corrected chi connectivity index (χ4v) is 1.88. The lowest BCUT2D eigenvalue weighted by Crippen LogP contribution is -2.16. The number of aryl methyl sites for hydroxylation is 1. The Balaban J connectivity index is 2.24. The maximum atomic E-state index is 12.3. The van der Waals surface area contributed by atoms with Crippen LogP contribution in [0.2, 0.25) is 0 Å². The highest BCUT2D eigenvalue weighted by Crippen LogP contribution is 2.16. The lowest BCUT2D eigenvalue weighted by Gasteiger charge is -2.08. The summed E-state index contributed by atoms with van der Waals surface area (Å²) in [5, 5.41) is 8.91. The number of amides is 1. The van der Waals surface area contributed by atoms with Crippen molar-refractivity contribution in [1.82, 2.24) is 10.2 Å². The summed E-state index contributed by atoms with van der Waals surface area (Å²) < 4.78 is 4.61. The average Bonchev–Trinajstić information content (AvgIpc) is 2.94. The molecule has 1 heterocycles. The van der Waals surface area contributed by atoms with Gasteiger partial charge in [0.15, 0.2) is 5.69 Å². The molecule has 1 amide bonds. The van der Waals surface area contributed by atoms with E-state index < -0.39 is 5.97 Å². The third-order valence-corrected chi connectivity index (χ3v) is 2.92.